The van der Waals surface area contributed by atoms with E-state index in [1.807, 2.05) is 30.3 Å². The van der Waals surface area contributed by atoms with Crippen LogP contribution in [0.4, 0.5) is 0 Å². The molecular formula is C23H17N3O5. The van der Waals surface area contributed by atoms with Crippen molar-refractivity contribution in [2.45, 2.75) is 6.61 Å². The molecule has 0 bridgehead atoms. The lowest BCUT2D eigenvalue weighted by molar-refractivity contribution is 0.0465. The normalized spacial score (nSPS) is 10.6. The number of H-pyrrole nitrogens is 1. The number of ether oxygens (including phenoxy) is 1. The minimum atomic E-state index is -1.13. The van der Waals surface area contributed by atoms with E-state index >= 15 is 0 Å². The second-order valence-electron chi connectivity index (χ2n) is 6.64. The molecule has 0 fully saturated rings. The molecule has 0 saturated carbocycles. The first kappa shape index (κ1) is 19.8. The van der Waals surface area contributed by atoms with Gasteiger partial charge in [0.05, 0.1) is 11.1 Å². The van der Waals surface area contributed by atoms with Gasteiger partial charge in [0, 0.05) is 6.20 Å². The van der Waals surface area contributed by atoms with Crippen LogP contribution in [-0.4, -0.2) is 31.8 Å². The zero-order valence-corrected chi connectivity index (χ0v) is 16.2. The third-order valence-corrected chi connectivity index (χ3v) is 4.59. The Kier molecular flexibility index (Phi) is 5.44. The Morgan fingerprint density at radius 2 is 1.65 bits per heavy atom. The first-order chi connectivity index (χ1) is 15.0. The topological polar surface area (TPSA) is 114 Å². The fourth-order valence-corrected chi connectivity index (χ4v) is 3.06. The van der Waals surface area contributed by atoms with Crippen molar-refractivity contribution >= 4 is 11.9 Å². The zero-order valence-electron chi connectivity index (χ0n) is 16.2. The molecular weight excluding hydrogens is 398 g/mol. The van der Waals surface area contributed by atoms with E-state index in [1.165, 1.54) is 12.1 Å². The molecule has 2 aromatic heterocycles. The molecule has 0 saturated heterocycles. The summed E-state index contributed by atoms with van der Waals surface area (Å²) < 4.78 is 6.50. The number of carbonyl (C=O) groups is 2. The quantitative estimate of drug-likeness (QED) is 0.467. The summed E-state index contributed by atoms with van der Waals surface area (Å²) in [4.78, 5) is 41.1. The van der Waals surface area contributed by atoms with Crippen LogP contribution in [0.5, 0.6) is 0 Å². The van der Waals surface area contributed by atoms with E-state index in [9.17, 15) is 14.4 Å². The lowest BCUT2D eigenvalue weighted by Gasteiger charge is -2.05. The van der Waals surface area contributed by atoms with Gasteiger partial charge in [0.15, 0.2) is 11.5 Å². The number of aromatic amines is 1. The average molecular weight is 415 g/mol. The number of benzene rings is 2. The van der Waals surface area contributed by atoms with E-state index in [1.54, 1.807) is 30.3 Å². The molecule has 0 amide bonds. The molecule has 2 heterocycles. The van der Waals surface area contributed by atoms with Gasteiger partial charge in [-0.25, -0.2) is 19.3 Å². The Bertz CT molecular complexity index is 1280. The van der Waals surface area contributed by atoms with Crippen molar-refractivity contribution in [3.63, 3.8) is 0 Å². The smallest absolute Gasteiger partial charge is 0.357 e. The summed E-state index contributed by atoms with van der Waals surface area (Å²) in [5.41, 5.74) is 0.947. The van der Waals surface area contributed by atoms with Gasteiger partial charge in [-0.1, -0.05) is 60.7 Å². The van der Waals surface area contributed by atoms with Crippen molar-refractivity contribution < 1.29 is 19.4 Å². The van der Waals surface area contributed by atoms with E-state index < -0.39 is 17.5 Å². The van der Waals surface area contributed by atoms with Crippen molar-refractivity contribution in [3.8, 4) is 16.9 Å². The van der Waals surface area contributed by atoms with Crippen LogP contribution in [0.25, 0.3) is 16.9 Å². The largest absolute Gasteiger partial charge is 0.478 e. The van der Waals surface area contributed by atoms with Crippen molar-refractivity contribution in [3.05, 3.63) is 106 Å². The van der Waals surface area contributed by atoms with E-state index in [-0.39, 0.29) is 29.2 Å². The number of carboxylic acid groups (broad SMARTS) is 1. The molecule has 0 atom stereocenters. The number of carbonyl (C=O) groups excluding carboxylic acids is 1. The van der Waals surface area contributed by atoms with Crippen LogP contribution < -0.4 is 5.56 Å². The first-order valence-corrected chi connectivity index (χ1v) is 9.36. The maximum absolute atomic E-state index is 13.2. The van der Waals surface area contributed by atoms with E-state index in [0.29, 0.717) is 5.56 Å². The number of nitrogens with zero attached hydrogens (tertiary/aromatic N) is 2. The number of aromatic carboxylic acids is 1. The van der Waals surface area contributed by atoms with Gasteiger partial charge in [-0.15, -0.1) is 0 Å². The predicted octanol–water partition coefficient (Wildman–Crippen LogP) is 3.28. The predicted molar refractivity (Wildman–Crippen MR) is 112 cm³/mol. The summed E-state index contributed by atoms with van der Waals surface area (Å²) in [6.45, 7) is 0.0483. The zero-order chi connectivity index (χ0) is 21.8. The molecule has 0 unspecified atom stereocenters. The van der Waals surface area contributed by atoms with E-state index in [4.69, 9.17) is 9.84 Å². The van der Waals surface area contributed by atoms with Gasteiger partial charge in [0.25, 0.3) is 5.56 Å². The first-order valence-electron chi connectivity index (χ1n) is 9.36. The Labute approximate surface area is 176 Å². The second kappa shape index (κ2) is 8.50. The Morgan fingerprint density at radius 3 is 2.26 bits per heavy atom. The van der Waals surface area contributed by atoms with Gasteiger partial charge in [-0.05, 0) is 23.3 Å². The van der Waals surface area contributed by atoms with E-state index in [2.05, 4.69) is 10.1 Å². The molecule has 0 radical (unpaired) electrons. The van der Waals surface area contributed by atoms with Crippen LogP contribution >= 0.6 is 0 Å². The molecule has 31 heavy (non-hydrogen) atoms. The van der Waals surface area contributed by atoms with Gasteiger partial charge in [0.1, 0.15) is 6.61 Å². The maximum atomic E-state index is 13.2. The third-order valence-electron chi connectivity index (χ3n) is 4.59. The molecule has 0 aliphatic rings. The number of esters is 1. The molecule has 8 heteroatoms. The average Bonchev–Trinajstić information content (AvgIpc) is 3.16. The van der Waals surface area contributed by atoms with Gasteiger partial charge in [0.2, 0.25) is 0 Å². The van der Waals surface area contributed by atoms with Crippen molar-refractivity contribution in [2.24, 2.45) is 0 Å². The lowest BCUT2D eigenvalue weighted by Crippen LogP contribution is -2.17. The molecule has 0 spiro atoms. The number of hydrogen-bond acceptors (Lipinski definition) is 5. The molecule has 4 aromatic rings. The number of hydrogen-bond donors (Lipinski definition) is 2. The SMILES string of the molecule is O=C(O)c1ccc(-n2[nH]c(C(=O)OCc3ccccc3)c(-c3ccccc3)c2=O)nc1. The van der Waals surface area contributed by atoms with Crippen molar-refractivity contribution in [1.29, 1.82) is 0 Å². The molecule has 0 aliphatic heterocycles. The summed E-state index contributed by atoms with van der Waals surface area (Å²) in [7, 11) is 0. The lowest BCUT2D eigenvalue weighted by atomic mass is 10.1. The van der Waals surface area contributed by atoms with Crippen LogP contribution in [0.15, 0.2) is 83.8 Å². The molecule has 8 nitrogen and oxygen atoms in total. The number of aromatic nitrogens is 3. The summed E-state index contributed by atoms with van der Waals surface area (Å²) >= 11 is 0. The number of pyridine rings is 1. The maximum Gasteiger partial charge on any atom is 0.357 e. The molecule has 2 aromatic carbocycles. The van der Waals surface area contributed by atoms with E-state index in [0.717, 1.165) is 16.4 Å². The highest BCUT2D eigenvalue weighted by atomic mass is 16.5. The fraction of sp³-hybridized carbons (Fsp3) is 0.0435. The highest BCUT2D eigenvalue weighted by Gasteiger charge is 2.24. The highest BCUT2D eigenvalue weighted by Crippen LogP contribution is 2.21. The Hall–Kier alpha value is -4.46. The minimum absolute atomic E-state index is 0.0174. The van der Waals surface area contributed by atoms with Gasteiger partial charge in [-0.3, -0.25) is 9.89 Å². The van der Waals surface area contributed by atoms with Crippen LogP contribution in [0.1, 0.15) is 26.4 Å². The summed E-state index contributed by atoms with van der Waals surface area (Å²) in [5.74, 6) is -1.68. The van der Waals surface area contributed by atoms with Crippen LogP contribution in [0.3, 0.4) is 0 Å². The van der Waals surface area contributed by atoms with Crippen molar-refractivity contribution in [1.82, 2.24) is 14.8 Å². The van der Waals surface area contributed by atoms with Crippen LogP contribution in [0, 0.1) is 0 Å². The second-order valence-corrected chi connectivity index (χ2v) is 6.64. The highest BCUT2D eigenvalue weighted by molar-refractivity contribution is 5.95. The monoisotopic (exact) mass is 415 g/mol. The fourth-order valence-electron chi connectivity index (χ4n) is 3.06. The van der Waals surface area contributed by atoms with Gasteiger partial charge < -0.3 is 9.84 Å². The van der Waals surface area contributed by atoms with Gasteiger partial charge >= 0.3 is 11.9 Å². The summed E-state index contributed by atoms with van der Waals surface area (Å²) in [6.07, 6.45) is 1.14. The molecule has 0 aliphatic carbocycles. The molecule has 2 N–H and O–H groups in total. The number of carboxylic acids is 1. The number of rotatable bonds is 6. The van der Waals surface area contributed by atoms with Gasteiger partial charge in [-0.2, -0.15) is 0 Å². The minimum Gasteiger partial charge on any atom is -0.478 e. The summed E-state index contributed by atoms with van der Waals surface area (Å²) in [5, 5.41) is 11.8. The van der Waals surface area contributed by atoms with Crippen molar-refractivity contribution in [2.75, 3.05) is 0 Å². The summed E-state index contributed by atoms with van der Waals surface area (Å²) in [6, 6.07) is 20.6. The van der Waals surface area contributed by atoms with Crippen LogP contribution in [-0.2, 0) is 11.3 Å². The Balaban J connectivity index is 1.74. The Morgan fingerprint density at radius 1 is 0.968 bits per heavy atom. The number of nitrogens with one attached hydrogen (secondary N) is 1. The van der Waals surface area contributed by atoms with Crippen LogP contribution in [0.2, 0.25) is 0 Å². The molecule has 4 rings (SSSR count). The third kappa shape index (κ3) is 4.13. The standard InChI is InChI=1S/C23H17N3O5/c27-21-19(16-9-5-2-6-10-16)20(23(30)31-14-15-7-3-1-4-8-15)25-26(21)18-12-11-17(13-24-18)22(28)29/h1-13,25H,14H2,(H,28,29). The molecule has 154 valence electrons.